The van der Waals surface area contributed by atoms with Gasteiger partial charge in [-0.25, -0.2) is 8.42 Å². The first-order chi connectivity index (χ1) is 9.48. The van der Waals surface area contributed by atoms with Crippen molar-refractivity contribution in [1.82, 2.24) is 4.31 Å². The summed E-state index contributed by atoms with van der Waals surface area (Å²) in [4.78, 5) is 0.211. The Balaban J connectivity index is 2.30. The minimum Gasteiger partial charge on any atom is -0.493 e. The van der Waals surface area contributed by atoms with Crippen molar-refractivity contribution in [2.24, 2.45) is 0 Å². The van der Waals surface area contributed by atoms with Gasteiger partial charge in [-0.2, -0.15) is 4.31 Å². The second-order valence-electron chi connectivity index (χ2n) is 4.60. The molecule has 0 aliphatic carbocycles. The van der Waals surface area contributed by atoms with Gasteiger partial charge in [-0.05, 0) is 25.0 Å². The Bertz CT molecular complexity index is 568. The Kier molecular flexibility index (Phi) is 4.78. The van der Waals surface area contributed by atoms with Gasteiger partial charge in [0.2, 0.25) is 10.0 Å². The molecule has 1 aliphatic heterocycles. The van der Waals surface area contributed by atoms with Crippen molar-refractivity contribution >= 4 is 21.6 Å². The van der Waals surface area contributed by atoms with Crippen molar-refractivity contribution in [3.63, 3.8) is 0 Å². The van der Waals surface area contributed by atoms with E-state index in [2.05, 4.69) is 0 Å². The fraction of sp³-hybridized carbons (Fsp3) is 0.538. The van der Waals surface area contributed by atoms with Crippen LogP contribution in [0.25, 0.3) is 0 Å². The average Bonchev–Trinajstić information content (AvgIpc) is 2.46. The fourth-order valence-electron chi connectivity index (χ4n) is 2.19. The Hall–Kier alpha value is -0.980. The number of piperidine rings is 1. The first-order valence-electron chi connectivity index (χ1n) is 6.35. The van der Waals surface area contributed by atoms with Gasteiger partial charge in [0.25, 0.3) is 0 Å². The van der Waals surface area contributed by atoms with Crippen molar-refractivity contribution in [1.29, 1.82) is 0 Å². The maximum atomic E-state index is 12.5. The van der Waals surface area contributed by atoms with E-state index in [1.165, 1.54) is 30.7 Å². The number of ether oxygens (including phenoxy) is 2. The Labute approximate surface area is 124 Å². The molecular weight excluding hydrogens is 302 g/mol. The highest BCUT2D eigenvalue weighted by atomic mass is 35.5. The highest BCUT2D eigenvalue weighted by Crippen LogP contribution is 2.31. The number of benzene rings is 1. The molecule has 0 aromatic heterocycles. The molecule has 2 rings (SSSR count). The van der Waals surface area contributed by atoms with Crippen molar-refractivity contribution < 1.29 is 17.9 Å². The summed E-state index contributed by atoms with van der Waals surface area (Å²) in [6.07, 6.45) is 1.35. The quantitative estimate of drug-likeness (QED) is 0.797. The lowest BCUT2D eigenvalue weighted by Gasteiger charge is -2.28. The third-order valence-corrected chi connectivity index (χ3v) is 5.71. The van der Waals surface area contributed by atoms with Crippen LogP contribution in [0.15, 0.2) is 23.1 Å². The third kappa shape index (κ3) is 3.02. The molecule has 112 valence electrons. The monoisotopic (exact) mass is 319 g/mol. The van der Waals surface area contributed by atoms with E-state index in [0.717, 1.165) is 0 Å². The second kappa shape index (κ2) is 6.20. The number of alkyl halides is 1. The van der Waals surface area contributed by atoms with E-state index < -0.39 is 10.0 Å². The predicted molar refractivity (Wildman–Crippen MR) is 77.2 cm³/mol. The zero-order chi connectivity index (χ0) is 14.8. The summed E-state index contributed by atoms with van der Waals surface area (Å²) < 4.78 is 36.8. The maximum absolute atomic E-state index is 12.5. The highest BCUT2D eigenvalue weighted by molar-refractivity contribution is 7.89. The van der Waals surface area contributed by atoms with Gasteiger partial charge in [0.15, 0.2) is 11.5 Å². The van der Waals surface area contributed by atoms with E-state index in [-0.39, 0.29) is 10.3 Å². The molecule has 0 saturated carbocycles. The van der Waals surface area contributed by atoms with E-state index in [1.54, 1.807) is 6.07 Å². The van der Waals surface area contributed by atoms with Gasteiger partial charge in [-0.1, -0.05) is 0 Å². The fourth-order valence-corrected chi connectivity index (χ4v) is 3.87. The van der Waals surface area contributed by atoms with E-state index in [9.17, 15) is 8.42 Å². The van der Waals surface area contributed by atoms with Gasteiger partial charge in [-0.3, -0.25) is 0 Å². The molecule has 5 nitrogen and oxygen atoms in total. The standard InChI is InChI=1S/C13H18ClNO4S/c1-18-12-4-3-11(9-13(12)19-2)20(16,17)15-7-5-10(14)6-8-15/h3-4,9-10H,5-8H2,1-2H3. The van der Waals surface area contributed by atoms with E-state index >= 15 is 0 Å². The summed E-state index contributed by atoms with van der Waals surface area (Å²) in [7, 11) is -0.513. The van der Waals surface area contributed by atoms with Gasteiger partial charge in [0.1, 0.15) is 0 Å². The molecule has 1 aromatic carbocycles. The van der Waals surface area contributed by atoms with Crippen LogP contribution in [0.1, 0.15) is 12.8 Å². The molecule has 1 aliphatic rings. The molecule has 1 fully saturated rings. The molecule has 1 saturated heterocycles. The van der Waals surface area contributed by atoms with Gasteiger partial charge in [0, 0.05) is 24.5 Å². The Morgan fingerprint density at radius 3 is 2.30 bits per heavy atom. The SMILES string of the molecule is COc1ccc(S(=O)(=O)N2CCC(Cl)CC2)cc1OC. The van der Waals surface area contributed by atoms with E-state index in [1.807, 2.05) is 0 Å². The molecule has 0 N–H and O–H groups in total. The number of methoxy groups -OCH3 is 2. The van der Waals surface area contributed by atoms with Gasteiger partial charge >= 0.3 is 0 Å². The van der Waals surface area contributed by atoms with Crippen LogP contribution in [-0.4, -0.2) is 45.4 Å². The summed E-state index contributed by atoms with van der Waals surface area (Å²) in [5.41, 5.74) is 0. The topological polar surface area (TPSA) is 55.8 Å². The van der Waals surface area contributed by atoms with Crippen molar-refractivity contribution in [3.8, 4) is 11.5 Å². The normalized spacial score (nSPS) is 17.9. The van der Waals surface area contributed by atoms with Crippen molar-refractivity contribution in [2.45, 2.75) is 23.1 Å². The third-order valence-electron chi connectivity index (χ3n) is 3.38. The van der Waals surface area contributed by atoms with E-state index in [0.29, 0.717) is 37.4 Å². The summed E-state index contributed by atoms with van der Waals surface area (Å²) in [5, 5.41) is 0.0619. The van der Waals surface area contributed by atoms with Crippen LogP contribution in [0.3, 0.4) is 0 Å². The van der Waals surface area contributed by atoms with Crippen LogP contribution in [0.2, 0.25) is 0 Å². The highest BCUT2D eigenvalue weighted by Gasteiger charge is 2.29. The molecule has 0 amide bonds. The lowest BCUT2D eigenvalue weighted by atomic mass is 10.2. The molecule has 20 heavy (non-hydrogen) atoms. The second-order valence-corrected chi connectivity index (χ2v) is 7.15. The van der Waals surface area contributed by atoms with E-state index in [4.69, 9.17) is 21.1 Å². The number of hydrogen-bond donors (Lipinski definition) is 0. The molecule has 1 aromatic rings. The molecule has 0 radical (unpaired) electrons. The van der Waals surface area contributed by atoms with Crippen LogP contribution in [0.5, 0.6) is 11.5 Å². The van der Waals surface area contributed by atoms with Crippen molar-refractivity contribution in [3.05, 3.63) is 18.2 Å². The minimum absolute atomic E-state index is 0.0619. The lowest BCUT2D eigenvalue weighted by molar-refractivity contribution is 0.346. The predicted octanol–water partition coefficient (Wildman–Crippen LogP) is 2.10. The van der Waals surface area contributed by atoms with Crippen LogP contribution < -0.4 is 9.47 Å². The summed E-state index contributed by atoms with van der Waals surface area (Å²) in [5.74, 6) is 0.909. The molecule has 0 unspecified atom stereocenters. The Morgan fingerprint density at radius 1 is 1.15 bits per heavy atom. The number of rotatable bonds is 4. The first kappa shape index (κ1) is 15.4. The minimum atomic E-state index is -3.50. The van der Waals surface area contributed by atoms with Crippen LogP contribution in [0, 0.1) is 0 Å². The maximum Gasteiger partial charge on any atom is 0.243 e. The van der Waals surface area contributed by atoms with Crippen molar-refractivity contribution in [2.75, 3.05) is 27.3 Å². The molecule has 0 bridgehead atoms. The molecule has 1 heterocycles. The largest absolute Gasteiger partial charge is 0.493 e. The van der Waals surface area contributed by atoms with Gasteiger partial charge < -0.3 is 9.47 Å². The number of halogens is 1. The number of sulfonamides is 1. The van der Waals surface area contributed by atoms with Gasteiger partial charge in [-0.15, -0.1) is 11.6 Å². The summed E-state index contributed by atoms with van der Waals surface area (Å²) >= 11 is 6.01. The van der Waals surface area contributed by atoms with Gasteiger partial charge in [0.05, 0.1) is 19.1 Å². The number of nitrogens with zero attached hydrogens (tertiary/aromatic N) is 1. The molecule has 7 heteroatoms. The zero-order valence-electron chi connectivity index (χ0n) is 11.5. The molecule has 0 spiro atoms. The van der Waals surface area contributed by atoms with Crippen LogP contribution in [0.4, 0.5) is 0 Å². The summed E-state index contributed by atoms with van der Waals surface area (Å²) in [6, 6.07) is 4.62. The average molecular weight is 320 g/mol. The first-order valence-corrected chi connectivity index (χ1v) is 8.23. The summed E-state index contributed by atoms with van der Waals surface area (Å²) in [6.45, 7) is 0.899. The molecule has 0 atom stereocenters. The lowest BCUT2D eigenvalue weighted by Crippen LogP contribution is -2.38. The van der Waals surface area contributed by atoms with Crippen LogP contribution in [-0.2, 0) is 10.0 Å². The Morgan fingerprint density at radius 2 is 1.75 bits per heavy atom. The zero-order valence-corrected chi connectivity index (χ0v) is 13.1. The number of hydrogen-bond acceptors (Lipinski definition) is 4. The molecular formula is C13H18ClNO4S. The smallest absolute Gasteiger partial charge is 0.243 e. The van der Waals surface area contributed by atoms with Crippen LogP contribution >= 0.6 is 11.6 Å².